The number of halogens is 1. The molecule has 4 N–H and O–H groups in total. The largest absolute Gasteiger partial charge is 0.506 e. The standard InChI is InChI=1S/C15H15ClN4O3/c16-9-3-4-12(21)11(5-9)18-13-6-10(8-1-2-8)19-15(20-13)17-7-14(22)23/h3-6,8,21H,1-2,7H2,(H,22,23)(H2,17,18,19,20). The van der Waals surface area contributed by atoms with Crippen LogP contribution in [0.4, 0.5) is 17.5 Å². The molecule has 120 valence electrons. The summed E-state index contributed by atoms with van der Waals surface area (Å²) in [5, 5.41) is 24.8. The number of nitrogens with one attached hydrogen (secondary N) is 2. The van der Waals surface area contributed by atoms with Crippen molar-refractivity contribution >= 4 is 35.0 Å². The SMILES string of the molecule is O=C(O)CNc1nc(Nc2cc(Cl)ccc2O)cc(C2CC2)n1. The van der Waals surface area contributed by atoms with Crippen molar-refractivity contribution < 1.29 is 15.0 Å². The van der Waals surface area contributed by atoms with Crippen molar-refractivity contribution in [3.8, 4) is 5.75 Å². The first-order valence-corrected chi connectivity index (χ1v) is 7.49. The van der Waals surface area contributed by atoms with Crippen LogP contribution in [0.15, 0.2) is 24.3 Å². The van der Waals surface area contributed by atoms with Gasteiger partial charge >= 0.3 is 5.97 Å². The van der Waals surface area contributed by atoms with E-state index in [0.717, 1.165) is 18.5 Å². The van der Waals surface area contributed by atoms with Gasteiger partial charge in [0.25, 0.3) is 0 Å². The lowest BCUT2D eigenvalue weighted by Gasteiger charge is -2.11. The van der Waals surface area contributed by atoms with Gasteiger partial charge in [-0.2, -0.15) is 4.98 Å². The van der Waals surface area contributed by atoms with Gasteiger partial charge in [-0.1, -0.05) is 11.6 Å². The number of aliphatic carboxylic acids is 1. The fraction of sp³-hybridized carbons (Fsp3) is 0.267. The van der Waals surface area contributed by atoms with Gasteiger partial charge in [0.1, 0.15) is 18.1 Å². The summed E-state index contributed by atoms with van der Waals surface area (Å²) in [6, 6.07) is 6.44. The number of phenolic OH excluding ortho intramolecular Hbond substituents is 1. The number of benzene rings is 1. The summed E-state index contributed by atoms with van der Waals surface area (Å²) in [5.74, 6) is 0.124. The van der Waals surface area contributed by atoms with Crippen LogP contribution >= 0.6 is 11.6 Å². The Balaban J connectivity index is 1.87. The molecule has 0 spiro atoms. The monoisotopic (exact) mass is 334 g/mol. The summed E-state index contributed by atoms with van der Waals surface area (Å²) in [4.78, 5) is 19.2. The lowest BCUT2D eigenvalue weighted by molar-refractivity contribution is -0.134. The van der Waals surface area contributed by atoms with Gasteiger partial charge < -0.3 is 20.8 Å². The number of aromatic nitrogens is 2. The topological polar surface area (TPSA) is 107 Å². The molecule has 1 saturated carbocycles. The van der Waals surface area contributed by atoms with E-state index >= 15 is 0 Å². The first kappa shape index (κ1) is 15.4. The molecule has 0 unspecified atom stereocenters. The lowest BCUT2D eigenvalue weighted by atomic mass is 10.2. The quantitative estimate of drug-likeness (QED) is 0.601. The van der Waals surface area contributed by atoms with Gasteiger partial charge in [0, 0.05) is 17.0 Å². The predicted octanol–water partition coefficient (Wildman–Crippen LogP) is 2.95. The minimum Gasteiger partial charge on any atom is -0.506 e. The maximum absolute atomic E-state index is 10.7. The van der Waals surface area contributed by atoms with E-state index < -0.39 is 5.97 Å². The third-order valence-corrected chi connectivity index (χ3v) is 3.60. The van der Waals surface area contributed by atoms with Gasteiger partial charge in [0.15, 0.2) is 0 Å². The average molecular weight is 335 g/mol. The molecule has 0 saturated heterocycles. The summed E-state index contributed by atoms with van der Waals surface area (Å²) in [6.07, 6.45) is 2.11. The number of phenols is 1. The van der Waals surface area contributed by atoms with E-state index in [1.54, 1.807) is 18.2 Å². The number of hydrogen-bond acceptors (Lipinski definition) is 6. The van der Waals surface area contributed by atoms with Crippen molar-refractivity contribution in [1.29, 1.82) is 0 Å². The summed E-state index contributed by atoms with van der Waals surface area (Å²) in [5.41, 5.74) is 1.26. The molecule has 2 aromatic rings. The summed E-state index contributed by atoms with van der Waals surface area (Å²) in [6.45, 7) is -0.268. The van der Waals surface area contributed by atoms with Gasteiger partial charge in [-0.15, -0.1) is 0 Å². The molecular weight excluding hydrogens is 320 g/mol. The Hall–Kier alpha value is -2.54. The minimum atomic E-state index is -0.993. The first-order valence-electron chi connectivity index (χ1n) is 7.11. The van der Waals surface area contributed by atoms with Crippen molar-refractivity contribution in [2.24, 2.45) is 0 Å². The Kier molecular flexibility index (Phi) is 4.20. The molecule has 0 radical (unpaired) electrons. The van der Waals surface area contributed by atoms with Crippen molar-refractivity contribution in [3.63, 3.8) is 0 Å². The van der Waals surface area contributed by atoms with Crippen LogP contribution in [0, 0.1) is 0 Å². The molecule has 1 aliphatic rings. The van der Waals surface area contributed by atoms with Crippen LogP contribution in [-0.4, -0.2) is 32.7 Å². The zero-order valence-corrected chi connectivity index (χ0v) is 12.8. The lowest BCUT2D eigenvalue weighted by Crippen LogP contribution is -2.15. The van der Waals surface area contributed by atoms with E-state index in [1.165, 1.54) is 6.07 Å². The number of rotatable bonds is 6. The van der Waals surface area contributed by atoms with E-state index in [1.807, 2.05) is 0 Å². The molecule has 1 fully saturated rings. The summed E-state index contributed by atoms with van der Waals surface area (Å²) >= 11 is 5.93. The molecule has 0 bridgehead atoms. The minimum absolute atomic E-state index is 0.0426. The van der Waals surface area contributed by atoms with Crippen molar-refractivity contribution in [2.75, 3.05) is 17.2 Å². The molecule has 0 amide bonds. The van der Waals surface area contributed by atoms with Crippen molar-refractivity contribution in [2.45, 2.75) is 18.8 Å². The van der Waals surface area contributed by atoms with Gasteiger partial charge in [-0.25, -0.2) is 4.98 Å². The Morgan fingerprint density at radius 3 is 2.78 bits per heavy atom. The Labute approximate surface area is 137 Å². The number of nitrogens with zero attached hydrogens (tertiary/aromatic N) is 2. The Morgan fingerprint density at radius 1 is 1.30 bits per heavy atom. The van der Waals surface area contributed by atoms with Crippen molar-refractivity contribution in [1.82, 2.24) is 9.97 Å². The van der Waals surface area contributed by atoms with Crippen LogP contribution in [0.5, 0.6) is 5.75 Å². The predicted molar refractivity (Wildman–Crippen MR) is 86.5 cm³/mol. The molecule has 23 heavy (non-hydrogen) atoms. The van der Waals surface area contributed by atoms with Gasteiger partial charge in [0.2, 0.25) is 5.95 Å². The maximum Gasteiger partial charge on any atom is 0.322 e. The van der Waals surface area contributed by atoms with Gasteiger partial charge in [0.05, 0.1) is 11.4 Å². The second-order valence-electron chi connectivity index (χ2n) is 5.31. The molecular formula is C15H15ClN4O3. The molecule has 8 heteroatoms. The molecule has 1 aromatic heterocycles. The third-order valence-electron chi connectivity index (χ3n) is 3.36. The van der Waals surface area contributed by atoms with Gasteiger partial charge in [-0.05, 0) is 31.0 Å². The fourth-order valence-electron chi connectivity index (χ4n) is 2.10. The van der Waals surface area contributed by atoms with E-state index in [-0.39, 0.29) is 18.2 Å². The molecule has 7 nitrogen and oxygen atoms in total. The fourth-order valence-corrected chi connectivity index (χ4v) is 2.27. The normalized spacial score (nSPS) is 13.6. The van der Waals surface area contributed by atoms with E-state index in [9.17, 15) is 9.90 Å². The summed E-state index contributed by atoms with van der Waals surface area (Å²) < 4.78 is 0. The zero-order valence-electron chi connectivity index (χ0n) is 12.1. The van der Waals surface area contributed by atoms with Crippen LogP contribution in [-0.2, 0) is 4.79 Å². The second-order valence-corrected chi connectivity index (χ2v) is 5.75. The number of carboxylic acid groups (broad SMARTS) is 1. The van der Waals surface area contributed by atoms with E-state index in [4.69, 9.17) is 16.7 Å². The van der Waals surface area contributed by atoms with E-state index in [0.29, 0.717) is 22.4 Å². The Bertz CT molecular complexity index is 749. The number of aromatic hydroxyl groups is 1. The van der Waals surface area contributed by atoms with Gasteiger partial charge in [-0.3, -0.25) is 4.79 Å². The Morgan fingerprint density at radius 2 is 2.09 bits per heavy atom. The molecule has 3 rings (SSSR count). The number of carboxylic acids is 1. The highest BCUT2D eigenvalue weighted by Gasteiger charge is 2.26. The van der Waals surface area contributed by atoms with E-state index in [2.05, 4.69) is 20.6 Å². The highest BCUT2D eigenvalue weighted by atomic mass is 35.5. The second kappa shape index (κ2) is 6.29. The molecule has 0 aliphatic heterocycles. The van der Waals surface area contributed by atoms with Crippen LogP contribution in [0.2, 0.25) is 5.02 Å². The number of anilines is 3. The maximum atomic E-state index is 10.7. The smallest absolute Gasteiger partial charge is 0.322 e. The summed E-state index contributed by atoms with van der Waals surface area (Å²) in [7, 11) is 0. The van der Waals surface area contributed by atoms with Crippen LogP contribution < -0.4 is 10.6 Å². The van der Waals surface area contributed by atoms with Crippen LogP contribution in [0.1, 0.15) is 24.5 Å². The highest BCUT2D eigenvalue weighted by molar-refractivity contribution is 6.30. The zero-order chi connectivity index (χ0) is 16.4. The third kappa shape index (κ3) is 4.01. The molecule has 1 aliphatic carbocycles. The molecule has 1 heterocycles. The molecule has 1 aromatic carbocycles. The van der Waals surface area contributed by atoms with Crippen LogP contribution in [0.25, 0.3) is 0 Å². The average Bonchev–Trinajstić information content (AvgIpc) is 3.33. The first-order chi connectivity index (χ1) is 11.0. The van der Waals surface area contributed by atoms with Crippen LogP contribution in [0.3, 0.4) is 0 Å². The number of carbonyl (C=O) groups is 1. The number of hydrogen-bond donors (Lipinski definition) is 4. The molecule has 0 atom stereocenters. The van der Waals surface area contributed by atoms with Crippen molar-refractivity contribution in [3.05, 3.63) is 35.0 Å². The highest BCUT2D eigenvalue weighted by Crippen LogP contribution is 2.40.